The number of halogens is 1. The smallest absolute Gasteiger partial charge is 0.192 e. The van der Waals surface area contributed by atoms with Crippen molar-refractivity contribution in [2.45, 2.75) is 0 Å². The van der Waals surface area contributed by atoms with Crippen molar-refractivity contribution >= 4 is 0 Å². The van der Waals surface area contributed by atoms with Crippen LogP contribution >= 0.6 is 0 Å². The first-order chi connectivity index (χ1) is 8.33. The molecule has 17 heavy (non-hydrogen) atoms. The Labute approximate surface area is 96.1 Å². The van der Waals surface area contributed by atoms with Crippen LogP contribution in [0.25, 0.3) is 23.0 Å². The summed E-state index contributed by atoms with van der Waals surface area (Å²) in [6.45, 7) is 0. The number of nitrogens with one attached hydrogen (secondary N) is 1. The average Bonchev–Trinajstić information content (AvgIpc) is 3.00. The first-order valence-corrected chi connectivity index (χ1v) is 5.05. The van der Waals surface area contributed by atoms with Crippen LogP contribution in [-0.2, 0) is 0 Å². The highest BCUT2D eigenvalue weighted by Crippen LogP contribution is 2.20. The topological polar surface area (TPSA) is 54.7 Å². The van der Waals surface area contributed by atoms with E-state index in [1.54, 1.807) is 30.5 Å². The van der Waals surface area contributed by atoms with Gasteiger partial charge < -0.3 is 4.42 Å². The molecular weight excluding hydrogens is 221 g/mol. The highest BCUT2D eigenvalue weighted by molar-refractivity contribution is 5.58. The van der Waals surface area contributed by atoms with Gasteiger partial charge in [0.05, 0.1) is 6.26 Å². The summed E-state index contributed by atoms with van der Waals surface area (Å²) in [4.78, 5) is 4.27. The van der Waals surface area contributed by atoms with E-state index in [1.165, 1.54) is 12.1 Å². The molecule has 5 heteroatoms. The van der Waals surface area contributed by atoms with Gasteiger partial charge in [-0.15, -0.1) is 0 Å². The summed E-state index contributed by atoms with van der Waals surface area (Å²) in [7, 11) is 0. The van der Waals surface area contributed by atoms with Crippen LogP contribution < -0.4 is 0 Å². The SMILES string of the molecule is Fc1ccc(-c2n[nH]c(-c3ccco3)n2)cc1. The van der Waals surface area contributed by atoms with Crippen molar-refractivity contribution in [1.29, 1.82) is 0 Å². The number of aromatic amines is 1. The van der Waals surface area contributed by atoms with Gasteiger partial charge in [-0.1, -0.05) is 0 Å². The second-order valence-electron chi connectivity index (χ2n) is 3.49. The lowest BCUT2D eigenvalue weighted by Crippen LogP contribution is -1.81. The van der Waals surface area contributed by atoms with E-state index in [2.05, 4.69) is 15.2 Å². The minimum absolute atomic E-state index is 0.282. The van der Waals surface area contributed by atoms with Gasteiger partial charge in [-0.2, -0.15) is 5.10 Å². The van der Waals surface area contributed by atoms with E-state index in [-0.39, 0.29) is 5.82 Å². The predicted molar refractivity (Wildman–Crippen MR) is 59.5 cm³/mol. The van der Waals surface area contributed by atoms with E-state index in [0.29, 0.717) is 17.4 Å². The number of benzene rings is 1. The van der Waals surface area contributed by atoms with Crippen LogP contribution in [0.4, 0.5) is 4.39 Å². The molecule has 0 radical (unpaired) electrons. The lowest BCUT2D eigenvalue weighted by molar-refractivity contribution is 0.577. The van der Waals surface area contributed by atoms with Crippen LogP contribution in [0.5, 0.6) is 0 Å². The number of hydrogen-bond donors (Lipinski definition) is 1. The second kappa shape index (κ2) is 3.86. The van der Waals surface area contributed by atoms with E-state index in [0.717, 1.165) is 5.56 Å². The standard InChI is InChI=1S/C12H8FN3O/c13-9-5-3-8(4-6-9)11-14-12(16-15-11)10-2-1-7-17-10/h1-7H,(H,14,15,16). The number of nitrogens with zero attached hydrogens (tertiary/aromatic N) is 2. The van der Waals surface area contributed by atoms with Gasteiger partial charge in [-0.3, -0.25) is 5.10 Å². The predicted octanol–water partition coefficient (Wildman–Crippen LogP) is 2.87. The number of hydrogen-bond acceptors (Lipinski definition) is 3. The van der Waals surface area contributed by atoms with Crippen LogP contribution in [-0.4, -0.2) is 15.2 Å². The van der Waals surface area contributed by atoms with E-state index in [1.807, 2.05) is 0 Å². The van der Waals surface area contributed by atoms with Gasteiger partial charge in [0.1, 0.15) is 5.82 Å². The van der Waals surface area contributed by atoms with Crippen molar-refractivity contribution in [3.63, 3.8) is 0 Å². The number of rotatable bonds is 2. The molecule has 2 heterocycles. The fraction of sp³-hybridized carbons (Fsp3) is 0. The number of aromatic nitrogens is 3. The Balaban J connectivity index is 1.98. The Kier molecular flexibility index (Phi) is 2.22. The summed E-state index contributed by atoms with van der Waals surface area (Å²) in [5, 5.41) is 6.83. The van der Waals surface area contributed by atoms with E-state index < -0.39 is 0 Å². The van der Waals surface area contributed by atoms with E-state index >= 15 is 0 Å². The summed E-state index contributed by atoms with van der Waals surface area (Å²) in [5.74, 6) is 1.40. The van der Waals surface area contributed by atoms with Crippen molar-refractivity contribution in [3.05, 3.63) is 48.5 Å². The zero-order chi connectivity index (χ0) is 11.7. The molecule has 1 aromatic carbocycles. The van der Waals surface area contributed by atoms with Gasteiger partial charge in [-0.05, 0) is 36.4 Å². The van der Waals surface area contributed by atoms with Crippen LogP contribution in [0.15, 0.2) is 47.1 Å². The molecule has 0 spiro atoms. The maximum absolute atomic E-state index is 12.8. The summed E-state index contributed by atoms with van der Waals surface area (Å²) in [6.07, 6.45) is 1.56. The Hall–Kier alpha value is -2.43. The molecule has 0 bridgehead atoms. The van der Waals surface area contributed by atoms with Gasteiger partial charge in [0.25, 0.3) is 0 Å². The van der Waals surface area contributed by atoms with E-state index in [4.69, 9.17) is 4.42 Å². The lowest BCUT2D eigenvalue weighted by atomic mass is 10.2. The van der Waals surface area contributed by atoms with Gasteiger partial charge in [0.15, 0.2) is 17.4 Å². The number of H-pyrrole nitrogens is 1. The van der Waals surface area contributed by atoms with Crippen LogP contribution in [0.1, 0.15) is 0 Å². The summed E-state index contributed by atoms with van der Waals surface area (Å²) in [6, 6.07) is 9.57. The van der Waals surface area contributed by atoms with Crippen molar-refractivity contribution in [2.75, 3.05) is 0 Å². The molecule has 0 aliphatic heterocycles. The first kappa shape index (κ1) is 9.77. The van der Waals surface area contributed by atoms with Crippen molar-refractivity contribution < 1.29 is 8.81 Å². The monoisotopic (exact) mass is 229 g/mol. The molecule has 0 aliphatic rings. The van der Waals surface area contributed by atoms with Crippen LogP contribution in [0.2, 0.25) is 0 Å². The van der Waals surface area contributed by atoms with Crippen LogP contribution in [0.3, 0.4) is 0 Å². The van der Waals surface area contributed by atoms with Crippen LogP contribution in [0, 0.1) is 5.82 Å². The molecule has 2 aromatic heterocycles. The summed E-state index contributed by atoms with van der Waals surface area (Å²) in [5.41, 5.74) is 0.750. The molecular formula is C12H8FN3O. The van der Waals surface area contributed by atoms with Gasteiger partial charge in [0, 0.05) is 5.56 Å². The Morgan fingerprint density at radius 1 is 1.12 bits per heavy atom. The first-order valence-electron chi connectivity index (χ1n) is 5.05. The highest BCUT2D eigenvalue weighted by Gasteiger charge is 2.09. The highest BCUT2D eigenvalue weighted by atomic mass is 19.1. The molecule has 0 aliphatic carbocycles. The minimum atomic E-state index is -0.282. The molecule has 4 nitrogen and oxygen atoms in total. The largest absolute Gasteiger partial charge is 0.461 e. The molecule has 0 fully saturated rings. The zero-order valence-corrected chi connectivity index (χ0v) is 8.72. The molecule has 84 valence electrons. The Morgan fingerprint density at radius 2 is 1.94 bits per heavy atom. The van der Waals surface area contributed by atoms with Gasteiger partial charge >= 0.3 is 0 Å². The average molecular weight is 229 g/mol. The van der Waals surface area contributed by atoms with Gasteiger partial charge in [0.2, 0.25) is 0 Å². The Bertz CT molecular complexity index is 614. The third-order valence-electron chi connectivity index (χ3n) is 2.34. The Morgan fingerprint density at radius 3 is 2.65 bits per heavy atom. The second-order valence-corrected chi connectivity index (χ2v) is 3.49. The maximum Gasteiger partial charge on any atom is 0.192 e. The van der Waals surface area contributed by atoms with E-state index in [9.17, 15) is 4.39 Å². The maximum atomic E-state index is 12.8. The third-order valence-corrected chi connectivity index (χ3v) is 2.34. The number of furan rings is 1. The molecule has 0 saturated heterocycles. The zero-order valence-electron chi connectivity index (χ0n) is 8.72. The fourth-order valence-corrected chi connectivity index (χ4v) is 1.51. The summed E-state index contributed by atoms with van der Waals surface area (Å²) >= 11 is 0. The van der Waals surface area contributed by atoms with Crippen molar-refractivity contribution in [2.24, 2.45) is 0 Å². The third kappa shape index (κ3) is 1.82. The minimum Gasteiger partial charge on any atom is -0.461 e. The van der Waals surface area contributed by atoms with Crippen molar-refractivity contribution in [1.82, 2.24) is 15.2 Å². The molecule has 0 unspecified atom stereocenters. The molecule has 3 rings (SSSR count). The fourth-order valence-electron chi connectivity index (χ4n) is 1.51. The molecule has 0 amide bonds. The molecule has 0 atom stereocenters. The summed E-state index contributed by atoms with van der Waals surface area (Å²) < 4.78 is 18.0. The lowest BCUT2D eigenvalue weighted by Gasteiger charge is -1.93. The van der Waals surface area contributed by atoms with Crippen molar-refractivity contribution in [3.8, 4) is 23.0 Å². The normalized spacial score (nSPS) is 10.6. The molecule has 1 N–H and O–H groups in total. The van der Waals surface area contributed by atoms with Gasteiger partial charge in [-0.25, -0.2) is 9.37 Å². The quantitative estimate of drug-likeness (QED) is 0.735. The molecule has 0 saturated carbocycles. The molecule has 3 aromatic rings.